The Balaban J connectivity index is 2.21. The first-order valence-electron chi connectivity index (χ1n) is 5.73. The molecule has 2 nitrogen and oxygen atoms in total. The van der Waals surface area contributed by atoms with Gasteiger partial charge >= 0.3 is 0 Å². The highest BCUT2D eigenvalue weighted by molar-refractivity contribution is 5.31. The fourth-order valence-corrected chi connectivity index (χ4v) is 1.80. The molecule has 0 aliphatic rings. The molecule has 0 aliphatic heterocycles. The maximum absolute atomic E-state index is 12.8. The van der Waals surface area contributed by atoms with E-state index in [1.165, 1.54) is 17.7 Å². The highest BCUT2D eigenvalue weighted by Gasteiger charge is 2.12. The van der Waals surface area contributed by atoms with Gasteiger partial charge in [-0.05, 0) is 41.7 Å². The van der Waals surface area contributed by atoms with Crippen LogP contribution in [0.5, 0.6) is 0 Å². The normalized spacial score (nSPS) is 11.8. The van der Waals surface area contributed by atoms with Crippen LogP contribution in [-0.4, -0.2) is 9.78 Å². The highest BCUT2D eigenvalue weighted by Crippen LogP contribution is 2.20. The SMILES string of the molecule is CC(C)(C)Cc1cnn(-c2ccc(F)cc2)c1. The van der Waals surface area contributed by atoms with Crippen LogP contribution in [0.15, 0.2) is 36.7 Å². The third-order valence-electron chi connectivity index (χ3n) is 2.46. The van der Waals surface area contributed by atoms with Gasteiger partial charge in [-0.3, -0.25) is 0 Å². The van der Waals surface area contributed by atoms with E-state index in [4.69, 9.17) is 0 Å². The van der Waals surface area contributed by atoms with Crippen molar-refractivity contribution in [1.82, 2.24) is 9.78 Å². The lowest BCUT2D eigenvalue weighted by atomic mass is 9.89. The number of rotatable bonds is 2. The molecule has 0 aliphatic carbocycles. The molecule has 0 saturated heterocycles. The number of nitrogens with zero attached hydrogens (tertiary/aromatic N) is 2. The smallest absolute Gasteiger partial charge is 0.123 e. The zero-order chi connectivity index (χ0) is 12.5. The van der Waals surface area contributed by atoms with Crippen molar-refractivity contribution in [2.24, 2.45) is 5.41 Å². The van der Waals surface area contributed by atoms with Gasteiger partial charge in [0.2, 0.25) is 0 Å². The van der Waals surface area contributed by atoms with Gasteiger partial charge in [-0.2, -0.15) is 5.10 Å². The van der Waals surface area contributed by atoms with Crippen LogP contribution < -0.4 is 0 Å². The zero-order valence-electron chi connectivity index (χ0n) is 10.4. The fraction of sp³-hybridized carbons (Fsp3) is 0.357. The van der Waals surface area contributed by atoms with Gasteiger partial charge in [-0.15, -0.1) is 0 Å². The minimum atomic E-state index is -0.226. The zero-order valence-corrected chi connectivity index (χ0v) is 10.4. The largest absolute Gasteiger partial charge is 0.241 e. The van der Waals surface area contributed by atoms with Crippen molar-refractivity contribution in [3.8, 4) is 5.69 Å². The Bertz CT molecular complexity index is 492. The predicted molar refractivity (Wildman–Crippen MR) is 66.7 cm³/mol. The van der Waals surface area contributed by atoms with Crippen LogP contribution in [0.4, 0.5) is 4.39 Å². The van der Waals surface area contributed by atoms with Gasteiger partial charge in [0.15, 0.2) is 0 Å². The molecule has 1 aromatic heterocycles. The van der Waals surface area contributed by atoms with Gasteiger partial charge in [0.05, 0.1) is 11.9 Å². The third kappa shape index (κ3) is 3.16. The van der Waals surface area contributed by atoms with Crippen molar-refractivity contribution in [2.45, 2.75) is 27.2 Å². The van der Waals surface area contributed by atoms with Gasteiger partial charge in [0.25, 0.3) is 0 Å². The van der Waals surface area contributed by atoms with Gasteiger partial charge in [-0.25, -0.2) is 9.07 Å². The number of benzene rings is 1. The molecule has 90 valence electrons. The first kappa shape index (κ1) is 11.8. The van der Waals surface area contributed by atoms with Crippen molar-refractivity contribution >= 4 is 0 Å². The van der Waals surface area contributed by atoms with Crippen molar-refractivity contribution in [3.05, 3.63) is 48.0 Å². The molecule has 3 heteroatoms. The van der Waals surface area contributed by atoms with Crippen LogP contribution in [-0.2, 0) is 6.42 Å². The second kappa shape index (κ2) is 4.32. The van der Waals surface area contributed by atoms with E-state index in [-0.39, 0.29) is 11.2 Å². The Kier molecular flexibility index (Phi) is 3.01. The fourth-order valence-electron chi connectivity index (χ4n) is 1.80. The van der Waals surface area contributed by atoms with E-state index in [1.807, 2.05) is 12.4 Å². The third-order valence-corrected chi connectivity index (χ3v) is 2.46. The van der Waals surface area contributed by atoms with Crippen LogP contribution in [0.25, 0.3) is 5.69 Å². The summed E-state index contributed by atoms with van der Waals surface area (Å²) in [5.74, 6) is -0.226. The average molecular weight is 232 g/mol. The predicted octanol–water partition coefficient (Wildman–Crippen LogP) is 3.60. The van der Waals surface area contributed by atoms with Crippen LogP contribution in [0, 0.1) is 11.2 Å². The minimum absolute atomic E-state index is 0.226. The topological polar surface area (TPSA) is 17.8 Å². The number of hydrogen-bond acceptors (Lipinski definition) is 1. The summed E-state index contributed by atoms with van der Waals surface area (Å²) < 4.78 is 14.6. The van der Waals surface area contributed by atoms with Crippen molar-refractivity contribution in [3.63, 3.8) is 0 Å². The van der Waals surface area contributed by atoms with Crippen molar-refractivity contribution in [2.75, 3.05) is 0 Å². The van der Waals surface area contributed by atoms with E-state index < -0.39 is 0 Å². The molecule has 1 aromatic carbocycles. The quantitative estimate of drug-likeness (QED) is 0.773. The van der Waals surface area contributed by atoms with Gasteiger partial charge in [-0.1, -0.05) is 20.8 Å². The molecule has 2 aromatic rings. The summed E-state index contributed by atoms with van der Waals surface area (Å²) in [5, 5.41) is 4.29. The van der Waals surface area contributed by atoms with Crippen LogP contribution in [0.1, 0.15) is 26.3 Å². The monoisotopic (exact) mass is 232 g/mol. The average Bonchev–Trinajstić information content (AvgIpc) is 2.64. The van der Waals surface area contributed by atoms with E-state index in [2.05, 4.69) is 25.9 Å². The number of halogens is 1. The summed E-state index contributed by atoms with van der Waals surface area (Å²) in [4.78, 5) is 0. The van der Waals surface area contributed by atoms with E-state index >= 15 is 0 Å². The van der Waals surface area contributed by atoms with E-state index in [9.17, 15) is 4.39 Å². The Hall–Kier alpha value is -1.64. The Morgan fingerprint density at radius 1 is 1.18 bits per heavy atom. The molecule has 0 fully saturated rings. The van der Waals surface area contributed by atoms with Crippen LogP contribution in [0.3, 0.4) is 0 Å². The summed E-state index contributed by atoms with van der Waals surface area (Å²) in [5.41, 5.74) is 2.32. The summed E-state index contributed by atoms with van der Waals surface area (Å²) in [6, 6.07) is 6.34. The maximum Gasteiger partial charge on any atom is 0.123 e. The second-order valence-corrected chi connectivity index (χ2v) is 5.51. The Labute approximate surface area is 101 Å². The molecule has 0 N–H and O–H groups in total. The Morgan fingerprint density at radius 3 is 2.41 bits per heavy atom. The molecular formula is C14H17FN2. The van der Waals surface area contributed by atoms with E-state index in [1.54, 1.807) is 16.8 Å². The molecule has 0 amide bonds. The molecular weight excluding hydrogens is 215 g/mol. The first-order valence-corrected chi connectivity index (χ1v) is 5.73. The molecule has 0 spiro atoms. The lowest BCUT2D eigenvalue weighted by Gasteiger charge is -2.16. The molecule has 17 heavy (non-hydrogen) atoms. The lowest BCUT2D eigenvalue weighted by molar-refractivity contribution is 0.411. The maximum atomic E-state index is 12.8. The molecule has 2 rings (SSSR count). The molecule has 0 unspecified atom stereocenters. The highest BCUT2D eigenvalue weighted by atomic mass is 19.1. The van der Waals surface area contributed by atoms with Crippen LogP contribution >= 0.6 is 0 Å². The number of aromatic nitrogens is 2. The van der Waals surface area contributed by atoms with E-state index in [0.29, 0.717) is 0 Å². The van der Waals surface area contributed by atoms with Gasteiger partial charge < -0.3 is 0 Å². The summed E-state index contributed by atoms with van der Waals surface area (Å²) in [7, 11) is 0. The summed E-state index contributed by atoms with van der Waals surface area (Å²) >= 11 is 0. The Morgan fingerprint density at radius 2 is 1.82 bits per heavy atom. The van der Waals surface area contributed by atoms with E-state index in [0.717, 1.165) is 12.1 Å². The first-order chi connectivity index (χ1) is 7.94. The minimum Gasteiger partial charge on any atom is -0.241 e. The van der Waals surface area contributed by atoms with Gasteiger partial charge in [0, 0.05) is 6.20 Å². The molecule has 0 bridgehead atoms. The lowest BCUT2D eigenvalue weighted by Crippen LogP contribution is -2.08. The standard InChI is InChI=1S/C14H17FN2/c1-14(2,3)8-11-9-16-17(10-11)13-6-4-12(15)5-7-13/h4-7,9-10H,8H2,1-3H3. The molecule has 0 radical (unpaired) electrons. The second-order valence-electron chi connectivity index (χ2n) is 5.51. The number of hydrogen-bond donors (Lipinski definition) is 0. The summed E-state index contributed by atoms with van der Waals surface area (Å²) in [6.07, 6.45) is 4.85. The summed E-state index contributed by atoms with van der Waals surface area (Å²) in [6.45, 7) is 6.59. The van der Waals surface area contributed by atoms with Gasteiger partial charge in [0.1, 0.15) is 5.82 Å². The van der Waals surface area contributed by atoms with Crippen molar-refractivity contribution < 1.29 is 4.39 Å². The molecule has 0 atom stereocenters. The molecule has 0 saturated carbocycles. The van der Waals surface area contributed by atoms with Crippen LogP contribution in [0.2, 0.25) is 0 Å². The van der Waals surface area contributed by atoms with Crippen molar-refractivity contribution in [1.29, 1.82) is 0 Å². The molecule has 1 heterocycles.